The highest BCUT2D eigenvalue weighted by Gasteiger charge is 2.50. The number of halogens is 1. The molecule has 0 spiro atoms. The van der Waals surface area contributed by atoms with Gasteiger partial charge in [0.25, 0.3) is 0 Å². The van der Waals surface area contributed by atoms with Gasteiger partial charge in [-0.15, -0.1) is 0 Å². The van der Waals surface area contributed by atoms with Gasteiger partial charge in [0.05, 0.1) is 12.3 Å². The number of alkyl carbamates (subject to hydrolysis) is 1. The summed E-state index contributed by atoms with van der Waals surface area (Å²) in [7, 11) is 0. The Hall–Kier alpha value is -3.22. The zero-order valence-electron chi connectivity index (χ0n) is 20.0. The van der Waals surface area contributed by atoms with Gasteiger partial charge < -0.3 is 15.4 Å². The number of aromatic nitrogens is 1. The number of carbonyl (C=O) groups excluding carboxylic acids is 2. The molecule has 2 aromatic rings. The van der Waals surface area contributed by atoms with Gasteiger partial charge in [-0.1, -0.05) is 24.3 Å². The number of pyridine rings is 1. The van der Waals surface area contributed by atoms with Crippen molar-refractivity contribution >= 4 is 18.1 Å². The van der Waals surface area contributed by atoms with E-state index in [4.69, 9.17) is 4.74 Å². The Morgan fingerprint density at radius 1 is 1.20 bits per heavy atom. The summed E-state index contributed by atoms with van der Waals surface area (Å²) in [6.45, 7) is 2.91. The van der Waals surface area contributed by atoms with Crippen LogP contribution in [0.4, 0.5) is 9.18 Å². The molecule has 6 atom stereocenters. The summed E-state index contributed by atoms with van der Waals surface area (Å²) in [5, 5.41) is 6.10. The van der Waals surface area contributed by atoms with E-state index in [1.54, 1.807) is 12.3 Å². The van der Waals surface area contributed by atoms with Crippen LogP contribution in [-0.4, -0.2) is 36.2 Å². The van der Waals surface area contributed by atoms with Crippen molar-refractivity contribution in [3.05, 3.63) is 60.2 Å². The lowest BCUT2D eigenvalue weighted by Gasteiger charge is -2.47. The number of ether oxygens (including phenoxy) is 1. The third kappa shape index (κ3) is 5.09. The molecule has 2 amide bonds. The smallest absolute Gasteiger partial charge is 0.407 e. The predicted octanol–water partition coefficient (Wildman–Crippen LogP) is 4.81. The Kier molecular flexibility index (Phi) is 6.84. The first-order chi connectivity index (χ1) is 17.0. The maximum atomic E-state index is 13.6. The van der Waals surface area contributed by atoms with Crippen LogP contribution < -0.4 is 10.6 Å². The number of carbonyl (C=O) groups is 2. The Labute approximate surface area is 205 Å². The highest BCUT2D eigenvalue weighted by molar-refractivity contribution is 5.82. The average Bonchev–Trinajstić information content (AvgIpc) is 3.22. The van der Waals surface area contributed by atoms with Crippen LogP contribution in [0.1, 0.15) is 38.3 Å². The van der Waals surface area contributed by atoms with E-state index in [2.05, 4.69) is 21.7 Å². The molecule has 1 aromatic carbocycles. The highest BCUT2D eigenvalue weighted by atomic mass is 19.1. The molecule has 6 nitrogen and oxygen atoms in total. The minimum absolute atomic E-state index is 0.00590. The molecule has 1 aromatic heterocycles. The number of fused-ring (bicyclic) bond motifs is 2. The topological polar surface area (TPSA) is 80.3 Å². The molecule has 2 saturated carbocycles. The number of rotatable bonds is 5. The summed E-state index contributed by atoms with van der Waals surface area (Å²) in [6, 6.07) is 10.5. The third-order valence-corrected chi connectivity index (χ3v) is 7.94. The number of benzene rings is 1. The van der Waals surface area contributed by atoms with E-state index in [0.717, 1.165) is 49.0 Å². The zero-order valence-corrected chi connectivity index (χ0v) is 20.0. The van der Waals surface area contributed by atoms with E-state index in [1.807, 2.05) is 31.2 Å². The van der Waals surface area contributed by atoms with Gasteiger partial charge in [0.2, 0.25) is 5.91 Å². The monoisotopic (exact) mass is 477 g/mol. The number of allylic oxidation sites excluding steroid dienone is 1. The van der Waals surface area contributed by atoms with Crippen LogP contribution in [0.2, 0.25) is 0 Å². The van der Waals surface area contributed by atoms with Crippen molar-refractivity contribution in [2.45, 2.75) is 38.6 Å². The van der Waals surface area contributed by atoms with Crippen molar-refractivity contribution in [1.29, 1.82) is 0 Å². The van der Waals surface area contributed by atoms with Gasteiger partial charge in [0.1, 0.15) is 5.82 Å². The van der Waals surface area contributed by atoms with Crippen molar-refractivity contribution in [3.63, 3.8) is 0 Å². The summed E-state index contributed by atoms with van der Waals surface area (Å²) in [4.78, 5) is 29.2. The van der Waals surface area contributed by atoms with Crippen LogP contribution in [-0.2, 0) is 9.53 Å². The minimum Gasteiger partial charge on any atom is -0.450 e. The summed E-state index contributed by atoms with van der Waals surface area (Å²) in [5.41, 5.74) is 2.48. The molecule has 3 fully saturated rings. The summed E-state index contributed by atoms with van der Waals surface area (Å²) < 4.78 is 18.6. The molecule has 1 aliphatic heterocycles. The quantitative estimate of drug-likeness (QED) is 0.648. The van der Waals surface area contributed by atoms with Crippen molar-refractivity contribution in [2.24, 2.45) is 29.6 Å². The normalized spacial score (nSPS) is 29.8. The van der Waals surface area contributed by atoms with Gasteiger partial charge in [0, 0.05) is 30.3 Å². The van der Waals surface area contributed by atoms with E-state index in [-0.39, 0.29) is 35.7 Å². The average molecular weight is 478 g/mol. The molecule has 2 aliphatic carbocycles. The second-order valence-corrected chi connectivity index (χ2v) is 9.98. The first kappa shape index (κ1) is 23.5. The van der Waals surface area contributed by atoms with Crippen molar-refractivity contribution < 1.29 is 18.7 Å². The van der Waals surface area contributed by atoms with Gasteiger partial charge >= 0.3 is 6.09 Å². The lowest BCUT2D eigenvalue weighted by molar-refractivity contribution is -0.126. The van der Waals surface area contributed by atoms with E-state index in [9.17, 15) is 14.0 Å². The number of nitrogens with zero attached hydrogens (tertiary/aromatic N) is 1. The lowest BCUT2D eigenvalue weighted by atomic mass is 9.58. The molecule has 184 valence electrons. The number of hydrogen-bond donors (Lipinski definition) is 2. The Morgan fingerprint density at radius 3 is 2.86 bits per heavy atom. The van der Waals surface area contributed by atoms with Crippen LogP contribution >= 0.6 is 0 Å². The summed E-state index contributed by atoms with van der Waals surface area (Å²) in [5.74, 6) is 1.22. The summed E-state index contributed by atoms with van der Waals surface area (Å²) in [6.07, 6.45) is 9.42. The molecule has 5 rings (SSSR count). The fraction of sp³-hybridized carbons (Fsp3) is 0.464. The standard InChI is InChI=1S/C28H32FN3O3/c1-2-35-28(34)32-23-9-10-24-19(14-23)12-20-16-31-27(33)26(20)25(24)11-8-22-7-6-18(15-30-22)17-4-3-5-21(29)13-17/h3-8,11,13,15,19-20,23-26H,2,9-10,12,14,16H2,1H3,(H,31,33)(H,32,34)/t19-,20-,23-,24-,25+,26+/m1/s1. The van der Waals surface area contributed by atoms with Crippen molar-refractivity contribution in [3.8, 4) is 11.1 Å². The molecule has 0 bridgehead atoms. The van der Waals surface area contributed by atoms with Gasteiger partial charge in [0.15, 0.2) is 0 Å². The third-order valence-electron chi connectivity index (χ3n) is 7.94. The second-order valence-electron chi connectivity index (χ2n) is 9.98. The van der Waals surface area contributed by atoms with Crippen LogP contribution in [0, 0.1) is 35.4 Å². The largest absolute Gasteiger partial charge is 0.450 e. The van der Waals surface area contributed by atoms with Gasteiger partial charge in [-0.05, 0) is 86.1 Å². The Balaban J connectivity index is 1.32. The first-order valence-electron chi connectivity index (χ1n) is 12.6. The fourth-order valence-corrected chi connectivity index (χ4v) is 6.42. The van der Waals surface area contributed by atoms with Crippen LogP contribution in [0.3, 0.4) is 0 Å². The van der Waals surface area contributed by atoms with Crippen molar-refractivity contribution in [1.82, 2.24) is 15.6 Å². The van der Waals surface area contributed by atoms with Gasteiger partial charge in [-0.3, -0.25) is 9.78 Å². The number of nitrogens with one attached hydrogen (secondary N) is 2. The molecule has 3 aliphatic rings. The van der Waals surface area contributed by atoms with Crippen LogP contribution in [0.25, 0.3) is 17.2 Å². The van der Waals surface area contributed by atoms with Gasteiger partial charge in [-0.2, -0.15) is 0 Å². The fourth-order valence-electron chi connectivity index (χ4n) is 6.42. The Bertz CT molecular complexity index is 1100. The maximum Gasteiger partial charge on any atom is 0.407 e. The molecule has 1 saturated heterocycles. The maximum absolute atomic E-state index is 13.6. The molecule has 2 N–H and O–H groups in total. The molecule has 7 heteroatoms. The van der Waals surface area contributed by atoms with E-state index in [1.165, 1.54) is 12.1 Å². The minimum atomic E-state index is -0.341. The SMILES string of the molecule is CCOC(=O)N[C@@H]1CC[C@@H]2[C@@H](C1)C[C@@H]1CNC(=O)[C@@H]1[C@H]2C=Cc1ccc(-c2cccc(F)c2)cn1. The van der Waals surface area contributed by atoms with Crippen LogP contribution in [0.5, 0.6) is 0 Å². The Morgan fingerprint density at radius 2 is 2.09 bits per heavy atom. The molecule has 2 heterocycles. The molecular weight excluding hydrogens is 445 g/mol. The van der Waals surface area contributed by atoms with Crippen LogP contribution in [0.15, 0.2) is 48.7 Å². The first-order valence-corrected chi connectivity index (χ1v) is 12.6. The molecule has 0 unspecified atom stereocenters. The summed E-state index contributed by atoms with van der Waals surface area (Å²) >= 11 is 0. The predicted molar refractivity (Wildman–Crippen MR) is 132 cm³/mol. The number of hydrogen-bond acceptors (Lipinski definition) is 4. The second kappa shape index (κ2) is 10.2. The van der Waals surface area contributed by atoms with E-state index < -0.39 is 0 Å². The zero-order chi connectivity index (χ0) is 24.4. The molecular formula is C28H32FN3O3. The van der Waals surface area contributed by atoms with E-state index in [0.29, 0.717) is 24.4 Å². The van der Waals surface area contributed by atoms with E-state index >= 15 is 0 Å². The van der Waals surface area contributed by atoms with Crippen molar-refractivity contribution in [2.75, 3.05) is 13.2 Å². The lowest BCUT2D eigenvalue weighted by Crippen LogP contribution is -2.47. The highest BCUT2D eigenvalue weighted by Crippen LogP contribution is 2.51. The molecule has 35 heavy (non-hydrogen) atoms. The molecule has 0 radical (unpaired) electrons. The number of amides is 2. The van der Waals surface area contributed by atoms with Gasteiger partial charge in [-0.25, -0.2) is 9.18 Å².